The maximum absolute atomic E-state index is 13.0. The Hall–Kier alpha value is -3.42. The van der Waals surface area contributed by atoms with E-state index in [-0.39, 0.29) is 17.1 Å². The molecule has 152 valence electrons. The number of hydrogen-bond donors (Lipinski definition) is 1. The minimum Gasteiger partial charge on any atom is -0.493 e. The van der Waals surface area contributed by atoms with Gasteiger partial charge in [0.15, 0.2) is 5.78 Å². The van der Waals surface area contributed by atoms with Crippen molar-refractivity contribution in [2.75, 3.05) is 19.7 Å². The van der Waals surface area contributed by atoms with Crippen LogP contribution >= 0.6 is 0 Å². The van der Waals surface area contributed by atoms with Gasteiger partial charge in [-0.1, -0.05) is 0 Å². The number of benzene rings is 1. The summed E-state index contributed by atoms with van der Waals surface area (Å²) >= 11 is 0. The van der Waals surface area contributed by atoms with Gasteiger partial charge in [0, 0.05) is 36.0 Å². The van der Waals surface area contributed by atoms with Crippen LogP contribution in [-0.2, 0) is 11.2 Å². The Bertz CT molecular complexity index is 1210. The lowest BCUT2D eigenvalue weighted by molar-refractivity contribution is 0.0519. The van der Waals surface area contributed by atoms with Crippen molar-refractivity contribution in [3.63, 3.8) is 0 Å². The maximum Gasteiger partial charge on any atom is 0.253 e. The first kappa shape index (κ1) is 17.4. The van der Waals surface area contributed by atoms with Crippen LogP contribution in [0, 0.1) is 5.41 Å². The Morgan fingerprint density at radius 3 is 2.77 bits per heavy atom. The van der Waals surface area contributed by atoms with E-state index in [1.165, 1.54) is 0 Å². The maximum atomic E-state index is 13.0. The average Bonchev–Trinajstić information content (AvgIpc) is 3.33. The van der Waals surface area contributed by atoms with E-state index in [0.29, 0.717) is 37.4 Å². The Morgan fingerprint density at radius 2 is 2.00 bits per heavy atom. The molecule has 8 nitrogen and oxygen atoms in total. The van der Waals surface area contributed by atoms with Gasteiger partial charge in [-0.3, -0.25) is 14.7 Å². The largest absolute Gasteiger partial charge is 0.493 e. The van der Waals surface area contributed by atoms with Crippen LogP contribution in [0.25, 0.3) is 16.6 Å². The zero-order valence-electron chi connectivity index (χ0n) is 16.4. The number of ether oxygens (including phenoxy) is 1. The second-order valence-electron chi connectivity index (χ2n) is 8.59. The van der Waals surface area contributed by atoms with Gasteiger partial charge < -0.3 is 9.64 Å². The van der Waals surface area contributed by atoms with Crippen LogP contribution < -0.4 is 0 Å². The second kappa shape index (κ2) is 6.29. The van der Waals surface area contributed by atoms with Crippen molar-refractivity contribution in [2.45, 2.75) is 25.7 Å². The molecule has 0 radical (unpaired) electrons. The average molecular weight is 403 g/mol. The number of fused-ring (bicyclic) bond motifs is 2. The molecule has 0 bridgehead atoms. The number of likely N-dealkylation sites (tertiary alicyclic amines) is 1. The molecule has 0 unspecified atom stereocenters. The van der Waals surface area contributed by atoms with Gasteiger partial charge in [-0.2, -0.15) is 10.2 Å². The minimum absolute atomic E-state index is 0.0421. The molecule has 2 aromatic heterocycles. The highest BCUT2D eigenvalue weighted by atomic mass is 16.5. The number of hydrogen-bond acceptors (Lipinski definition) is 5. The van der Waals surface area contributed by atoms with Crippen molar-refractivity contribution in [3.05, 3.63) is 53.7 Å². The fourth-order valence-electron chi connectivity index (χ4n) is 4.98. The summed E-state index contributed by atoms with van der Waals surface area (Å²) in [5, 5.41) is 12.3. The molecule has 1 N–H and O–H groups in total. The highest BCUT2D eigenvalue weighted by molar-refractivity contribution is 5.99. The van der Waals surface area contributed by atoms with E-state index < -0.39 is 0 Å². The minimum atomic E-state index is -0.0757. The van der Waals surface area contributed by atoms with Gasteiger partial charge in [-0.25, -0.2) is 4.68 Å². The first-order valence-corrected chi connectivity index (χ1v) is 10.3. The number of Topliss-reactive ketones (excluding diaryl/α,β-unsaturated/α-hetero) is 1. The van der Waals surface area contributed by atoms with E-state index in [0.717, 1.165) is 41.4 Å². The summed E-state index contributed by atoms with van der Waals surface area (Å²) in [4.78, 5) is 27.9. The van der Waals surface area contributed by atoms with Crippen molar-refractivity contribution >= 4 is 28.3 Å². The molecular formula is C22H21N5O3. The number of nitrogens with zero attached hydrogens (tertiary/aromatic N) is 4. The predicted molar refractivity (Wildman–Crippen MR) is 109 cm³/mol. The molecule has 1 saturated heterocycles. The zero-order valence-corrected chi connectivity index (χ0v) is 16.4. The lowest BCUT2D eigenvalue weighted by Crippen LogP contribution is -2.46. The van der Waals surface area contributed by atoms with E-state index in [2.05, 4.69) is 15.3 Å². The summed E-state index contributed by atoms with van der Waals surface area (Å²) in [5.41, 5.74) is 4.18. The third-order valence-electron chi connectivity index (χ3n) is 6.73. The molecule has 0 saturated carbocycles. The number of carbonyl (C=O) groups is 2. The summed E-state index contributed by atoms with van der Waals surface area (Å²) in [7, 11) is 0. The van der Waals surface area contributed by atoms with Crippen LogP contribution in [0.15, 0.2) is 36.9 Å². The molecule has 8 heteroatoms. The van der Waals surface area contributed by atoms with Crippen LogP contribution in [0.5, 0.6) is 0 Å². The van der Waals surface area contributed by atoms with Gasteiger partial charge in [0.05, 0.1) is 17.9 Å². The first-order chi connectivity index (χ1) is 14.6. The van der Waals surface area contributed by atoms with Crippen LogP contribution in [0.2, 0.25) is 0 Å². The summed E-state index contributed by atoms with van der Waals surface area (Å²) < 4.78 is 6.84. The highest BCUT2D eigenvalue weighted by Gasteiger charge is 2.43. The highest BCUT2D eigenvalue weighted by Crippen LogP contribution is 2.44. The molecule has 1 aliphatic carbocycles. The Labute approximate surface area is 172 Å². The molecule has 1 amide bonds. The molecule has 30 heavy (non-hydrogen) atoms. The SMILES string of the molecule is O=C1CC2(CCN(C(=O)c3ccc4[nH]ncc4c3)CC2)Cc2cnn(C3=COC3)c21. The molecular weight excluding hydrogens is 382 g/mol. The van der Waals surface area contributed by atoms with Gasteiger partial charge in [-0.15, -0.1) is 0 Å². The third kappa shape index (κ3) is 2.59. The van der Waals surface area contributed by atoms with E-state index >= 15 is 0 Å². The molecule has 4 heterocycles. The second-order valence-corrected chi connectivity index (χ2v) is 8.59. The molecule has 3 aliphatic rings. The molecule has 1 aromatic carbocycles. The fourth-order valence-corrected chi connectivity index (χ4v) is 4.98. The zero-order chi connectivity index (χ0) is 20.3. The van der Waals surface area contributed by atoms with Gasteiger partial charge in [0.1, 0.15) is 24.3 Å². The number of ketones is 1. The summed E-state index contributed by atoms with van der Waals surface area (Å²) in [6.45, 7) is 1.82. The Balaban J connectivity index is 1.19. The van der Waals surface area contributed by atoms with Crippen molar-refractivity contribution < 1.29 is 14.3 Å². The van der Waals surface area contributed by atoms with Crippen molar-refractivity contribution in [1.29, 1.82) is 0 Å². The number of piperidine rings is 1. The molecule has 1 spiro atoms. The number of aromatic amines is 1. The van der Waals surface area contributed by atoms with Crippen molar-refractivity contribution in [2.24, 2.45) is 5.41 Å². The van der Waals surface area contributed by atoms with E-state index in [4.69, 9.17) is 4.74 Å². The van der Waals surface area contributed by atoms with Crippen LogP contribution in [0.1, 0.15) is 45.7 Å². The molecule has 3 aromatic rings. The first-order valence-electron chi connectivity index (χ1n) is 10.3. The summed E-state index contributed by atoms with van der Waals surface area (Å²) in [5.74, 6) is 0.187. The van der Waals surface area contributed by atoms with Crippen LogP contribution in [0.3, 0.4) is 0 Å². The molecule has 1 fully saturated rings. The molecule has 0 atom stereocenters. The summed E-state index contributed by atoms with van der Waals surface area (Å²) in [6.07, 6.45) is 8.22. The molecule has 6 rings (SSSR count). The molecule has 2 aliphatic heterocycles. The van der Waals surface area contributed by atoms with Gasteiger partial charge in [0.25, 0.3) is 5.91 Å². The van der Waals surface area contributed by atoms with Gasteiger partial charge in [0.2, 0.25) is 0 Å². The predicted octanol–water partition coefficient (Wildman–Crippen LogP) is 2.64. The lowest BCUT2D eigenvalue weighted by atomic mass is 9.67. The third-order valence-corrected chi connectivity index (χ3v) is 6.73. The number of nitrogens with one attached hydrogen (secondary N) is 1. The topological polar surface area (TPSA) is 93.1 Å². The smallest absolute Gasteiger partial charge is 0.253 e. The number of H-pyrrole nitrogens is 1. The van der Waals surface area contributed by atoms with Crippen molar-refractivity contribution in [1.82, 2.24) is 24.9 Å². The van der Waals surface area contributed by atoms with E-state index in [9.17, 15) is 9.59 Å². The normalized spacial score (nSPS) is 19.9. The number of carbonyl (C=O) groups excluding carboxylic acids is 2. The van der Waals surface area contributed by atoms with Crippen LogP contribution in [-0.4, -0.2) is 56.3 Å². The Kier molecular flexibility index (Phi) is 3.65. The van der Waals surface area contributed by atoms with Crippen LogP contribution in [0.4, 0.5) is 0 Å². The quantitative estimate of drug-likeness (QED) is 0.710. The standard InChI is InChI=1S/C22H21N5O3/c28-19-9-22(8-16-11-24-27(20(16)19)17-12-30-13-17)3-5-26(6-4-22)21(29)14-1-2-18-15(7-14)10-23-25-18/h1-2,7,10-12H,3-6,8-9,13H2,(H,23,25). The van der Waals surface area contributed by atoms with E-state index in [1.807, 2.05) is 29.3 Å². The van der Waals surface area contributed by atoms with Crippen molar-refractivity contribution in [3.8, 4) is 0 Å². The van der Waals surface area contributed by atoms with Gasteiger partial charge in [-0.05, 0) is 42.9 Å². The lowest BCUT2D eigenvalue weighted by Gasteiger charge is -2.43. The number of amides is 1. The summed E-state index contributed by atoms with van der Waals surface area (Å²) in [6, 6.07) is 5.62. The monoisotopic (exact) mass is 403 g/mol. The number of rotatable bonds is 2. The van der Waals surface area contributed by atoms with Gasteiger partial charge >= 0.3 is 0 Å². The number of aromatic nitrogens is 4. The fraction of sp³-hybridized carbons (Fsp3) is 0.364. The Morgan fingerprint density at radius 1 is 1.17 bits per heavy atom. The van der Waals surface area contributed by atoms with E-state index in [1.54, 1.807) is 17.1 Å².